The Bertz CT molecular complexity index is 1210. The van der Waals surface area contributed by atoms with Crippen LogP contribution in [0.2, 0.25) is 0 Å². The molecule has 2 atom stereocenters. The number of carbonyl (C=O) groups excluding carboxylic acids is 1. The molecule has 33 heavy (non-hydrogen) atoms. The summed E-state index contributed by atoms with van der Waals surface area (Å²) < 4.78 is 37.3. The third kappa shape index (κ3) is 4.83. The molecule has 0 saturated heterocycles. The highest BCUT2D eigenvalue weighted by molar-refractivity contribution is 7.54. The molecule has 2 aromatic heterocycles. The lowest BCUT2D eigenvalue weighted by molar-refractivity contribution is -0.146. The van der Waals surface area contributed by atoms with Crippen molar-refractivity contribution in [3.05, 3.63) is 29.8 Å². The molecule has 11 nitrogen and oxygen atoms in total. The first-order valence-electron chi connectivity index (χ1n) is 10.7. The van der Waals surface area contributed by atoms with Crippen molar-refractivity contribution in [2.75, 3.05) is 26.4 Å². The summed E-state index contributed by atoms with van der Waals surface area (Å²) in [5.74, 6) is -1.71. The molecule has 0 aliphatic rings. The topological polar surface area (TPSA) is 138 Å². The van der Waals surface area contributed by atoms with Gasteiger partial charge >= 0.3 is 13.6 Å². The lowest BCUT2D eigenvalue weighted by Gasteiger charge is -2.29. The Morgan fingerprint density at radius 1 is 1.12 bits per heavy atom. The van der Waals surface area contributed by atoms with Gasteiger partial charge in [0.2, 0.25) is 0 Å². The van der Waals surface area contributed by atoms with E-state index in [1.807, 2.05) is 13.0 Å². The molecule has 176 valence electrons. The molecule has 3 aromatic rings. The number of benzene rings is 1. The van der Waals surface area contributed by atoms with Crippen LogP contribution in [0.4, 0.5) is 0 Å². The maximum Gasteiger partial charge on any atom is 0.340 e. The van der Waals surface area contributed by atoms with Gasteiger partial charge in [0.1, 0.15) is 11.4 Å². The summed E-state index contributed by atoms with van der Waals surface area (Å²) >= 11 is 0. The number of nitrogens with zero attached hydrogens (tertiary/aromatic N) is 5. The molecule has 0 bridgehead atoms. The van der Waals surface area contributed by atoms with E-state index in [4.69, 9.17) is 18.5 Å². The van der Waals surface area contributed by atoms with Crippen LogP contribution in [-0.4, -0.2) is 52.4 Å². The molecule has 0 amide bonds. The Labute approximate surface area is 191 Å². The molecular formula is C21H26N5O6P. The summed E-state index contributed by atoms with van der Waals surface area (Å²) in [6.07, 6.45) is 0. The molecular weight excluding hydrogens is 449 g/mol. The van der Waals surface area contributed by atoms with Crippen molar-refractivity contribution in [2.45, 2.75) is 33.4 Å². The Morgan fingerprint density at radius 3 is 2.45 bits per heavy atom. The Hall–Kier alpha value is -3.06. The Balaban J connectivity index is 2.35. The van der Waals surface area contributed by atoms with Gasteiger partial charge in [-0.15, -0.1) is 5.10 Å². The third-order valence-electron chi connectivity index (χ3n) is 4.85. The van der Waals surface area contributed by atoms with Crippen LogP contribution in [0.5, 0.6) is 5.75 Å². The zero-order valence-corrected chi connectivity index (χ0v) is 19.8. The fourth-order valence-electron chi connectivity index (χ4n) is 3.65. The van der Waals surface area contributed by atoms with Gasteiger partial charge in [0.05, 0.1) is 38.0 Å². The van der Waals surface area contributed by atoms with Crippen LogP contribution in [0.15, 0.2) is 24.3 Å². The number of tetrazole rings is 1. The van der Waals surface area contributed by atoms with Crippen molar-refractivity contribution in [1.29, 1.82) is 5.26 Å². The van der Waals surface area contributed by atoms with Crippen LogP contribution in [-0.2, 0) is 23.1 Å². The van der Waals surface area contributed by atoms with E-state index in [1.165, 1.54) is 4.52 Å². The Morgan fingerprint density at radius 2 is 1.85 bits per heavy atom. The first kappa shape index (κ1) is 24.6. The molecule has 0 fully saturated rings. The maximum atomic E-state index is 14.0. The molecule has 2 unspecified atom stereocenters. The fraction of sp³-hybridized carbons (Fsp3) is 0.476. The number of fused-ring (bicyclic) bond motifs is 3. The van der Waals surface area contributed by atoms with Gasteiger partial charge in [-0.1, -0.05) is 0 Å². The van der Waals surface area contributed by atoms with Gasteiger partial charge in [-0.25, -0.2) is 0 Å². The number of rotatable bonds is 11. The zero-order valence-electron chi connectivity index (χ0n) is 18.9. The number of hydrogen-bond acceptors (Lipinski definition) is 10. The van der Waals surface area contributed by atoms with Crippen LogP contribution in [0.25, 0.3) is 16.6 Å². The van der Waals surface area contributed by atoms with Crippen molar-refractivity contribution in [3.8, 4) is 11.8 Å². The number of hydrogen-bond donors (Lipinski definition) is 0. The molecule has 2 heterocycles. The van der Waals surface area contributed by atoms with Crippen molar-refractivity contribution >= 4 is 30.1 Å². The largest absolute Gasteiger partial charge is 0.494 e. The van der Waals surface area contributed by atoms with Crippen molar-refractivity contribution in [3.63, 3.8) is 0 Å². The van der Waals surface area contributed by atoms with Gasteiger partial charge < -0.3 is 18.5 Å². The summed E-state index contributed by atoms with van der Waals surface area (Å²) in [7, 11) is -4.05. The van der Waals surface area contributed by atoms with Crippen LogP contribution < -0.4 is 4.74 Å². The molecule has 0 radical (unpaired) electrons. The van der Waals surface area contributed by atoms with Crippen LogP contribution in [0.1, 0.15) is 38.9 Å². The molecule has 0 aliphatic carbocycles. The first-order chi connectivity index (χ1) is 15.9. The van der Waals surface area contributed by atoms with E-state index in [9.17, 15) is 14.6 Å². The molecule has 0 saturated carbocycles. The molecule has 0 spiro atoms. The third-order valence-corrected chi connectivity index (χ3v) is 7.34. The minimum atomic E-state index is -4.05. The van der Waals surface area contributed by atoms with Gasteiger partial charge in [0, 0.05) is 10.9 Å². The van der Waals surface area contributed by atoms with Gasteiger partial charge in [0.15, 0.2) is 11.6 Å². The van der Waals surface area contributed by atoms with Gasteiger partial charge in [0.25, 0.3) is 0 Å². The second-order valence-electron chi connectivity index (χ2n) is 6.85. The number of esters is 1. The van der Waals surface area contributed by atoms with Crippen molar-refractivity contribution in [2.24, 2.45) is 5.92 Å². The average Bonchev–Trinajstić information content (AvgIpc) is 3.28. The smallest absolute Gasteiger partial charge is 0.340 e. The highest BCUT2D eigenvalue weighted by Gasteiger charge is 2.48. The van der Waals surface area contributed by atoms with Crippen LogP contribution in [0.3, 0.4) is 0 Å². The van der Waals surface area contributed by atoms with E-state index >= 15 is 0 Å². The highest BCUT2D eigenvalue weighted by Crippen LogP contribution is 2.64. The van der Waals surface area contributed by atoms with E-state index in [0.29, 0.717) is 23.3 Å². The van der Waals surface area contributed by atoms with E-state index in [0.717, 1.165) is 0 Å². The monoisotopic (exact) mass is 475 g/mol. The quantitative estimate of drug-likeness (QED) is 0.298. The van der Waals surface area contributed by atoms with E-state index in [1.54, 1.807) is 45.0 Å². The molecule has 0 aliphatic heterocycles. The zero-order chi connectivity index (χ0) is 24.0. The summed E-state index contributed by atoms with van der Waals surface area (Å²) in [6, 6.07) is 8.97. The molecule has 3 rings (SSSR count). The molecule has 1 aromatic carbocycles. The number of carbonyl (C=O) groups is 1. The van der Waals surface area contributed by atoms with Gasteiger partial charge in [-0.3, -0.25) is 9.36 Å². The summed E-state index contributed by atoms with van der Waals surface area (Å²) in [5, 5.41) is 22.5. The molecule has 12 heteroatoms. The lowest BCUT2D eigenvalue weighted by Crippen LogP contribution is -2.25. The number of ether oxygens (including phenoxy) is 2. The average molecular weight is 475 g/mol. The Kier molecular flexibility index (Phi) is 7.97. The second-order valence-corrected chi connectivity index (χ2v) is 9.00. The van der Waals surface area contributed by atoms with Gasteiger partial charge in [-0.2, -0.15) is 9.78 Å². The summed E-state index contributed by atoms with van der Waals surface area (Å²) in [6.45, 7) is 7.39. The van der Waals surface area contributed by atoms with E-state index in [2.05, 4.69) is 15.5 Å². The van der Waals surface area contributed by atoms with Gasteiger partial charge in [-0.05, 0) is 62.4 Å². The van der Waals surface area contributed by atoms with Crippen LogP contribution >= 0.6 is 7.60 Å². The first-order valence-corrected chi connectivity index (χ1v) is 12.3. The number of pyridine rings is 1. The predicted molar refractivity (Wildman–Crippen MR) is 119 cm³/mol. The van der Waals surface area contributed by atoms with Crippen LogP contribution in [0, 0.1) is 17.2 Å². The summed E-state index contributed by atoms with van der Waals surface area (Å²) in [4.78, 5) is 12.8. The molecule has 0 N–H and O–H groups in total. The minimum Gasteiger partial charge on any atom is -0.494 e. The fourth-order valence-corrected chi connectivity index (χ4v) is 5.85. The minimum absolute atomic E-state index is 0.0397. The van der Waals surface area contributed by atoms with Crippen molar-refractivity contribution < 1.29 is 27.9 Å². The normalized spacial score (nSPS) is 13.5. The summed E-state index contributed by atoms with van der Waals surface area (Å²) in [5.41, 5.74) is -0.171. The second kappa shape index (κ2) is 10.7. The van der Waals surface area contributed by atoms with Crippen molar-refractivity contribution in [1.82, 2.24) is 20.0 Å². The van der Waals surface area contributed by atoms with E-state index < -0.39 is 25.1 Å². The maximum absolute atomic E-state index is 14.0. The standard InChI is InChI=1S/C21H26N5O6P/c1-5-29-15-9-10-18-14(11-15)12-16(20-23-24-25-26(18)20)19(17(13-22)21(27)30-6-2)33(28,31-7-3)32-8-4/h9-12,17,19H,5-8H2,1-4H3. The predicted octanol–water partition coefficient (Wildman–Crippen LogP) is 3.69. The lowest BCUT2D eigenvalue weighted by atomic mass is 9.99. The number of aromatic nitrogens is 4. The highest BCUT2D eigenvalue weighted by atomic mass is 31.2. The SMILES string of the molecule is CCOC(=O)C(C#N)C(c1cc2cc(OCC)ccc2n2nnnc12)P(=O)(OCC)OCC. The van der Waals surface area contributed by atoms with E-state index in [-0.39, 0.29) is 31.0 Å². The number of nitriles is 1.